The fourth-order valence-electron chi connectivity index (χ4n) is 9.01. The molecule has 1 aromatic heterocycles. The van der Waals surface area contributed by atoms with Gasteiger partial charge >= 0.3 is 6.03 Å². The van der Waals surface area contributed by atoms with E-state index in [2.05, 4.69) is 40.6 Å². The molecule has 1 saturated heterocycles. The highest BCUT2D eigenvalue weighted by Gasteiger charge is 2.51. The van der Waals surface area contributed by atoms with Gasteiger partial charge in [0.05, 0.1) is 18.8 Å². The number of aliphatic hydroxyl groups excluding tert-OH is 1. The van der Waals surface area contributed by atoms with Crippen LogP contribution in [0.5, 0.6) is 0 Å². The molecule has 0 spiro atoms. The Kier molecular flexibility index (Phi) is 9.14. The predicted octanol–water partition coefficient (Wildman–Crippen LogP) is 6.63. The number of urea groups is 1. The Morgan fingerprint density at radius 1 is 0.957 bits per heavy atom. The number of pyridine rings is 1. The van der Waals surface area contributed by atoms with Crippen molar-refractivity contribution in [3.8, 4) is 0 Å². The molecule has 2 aromatic carbocycles. The molecular weight excluding hydrogens is 576 g/mol. The predicted molar refractivity (Wildman–Crippen MR) is 178 cm³/mol. The number of aliphatic hydroxyl groups is 1. The SMILES string of the molecule is C[C@H]1[C@@H](CN(C)CCc2ccccn2)O[C@@H](c2cccc(NC(=O)NC34CC5CC(CC(C5)C3)C4)c2)O[C@H]1c1ccc(CO)cc1. The normalized spacial score (nSPS) is 31.6. The maximum Gasteiger partial charge on any atom is 0.319 e. The monoisotopic (exact) mass is 624 g/mol. The smallest absolute Gasteiger partial charge is 0.319 e. The van der Waals surface area contributed by atoms with E-state index in [9.17, 15) is 9.90 Å². The second-order valence-electron chi connectivity index (χ2n) is 14.6. The van der Waals surface area contributed by atoms with Gasteiger partial charge in [-0.2, -0.15) is 0 Å². The third-order valence-electron chi connectivity index (χ3n) is 10.9. The van der Waals surface area contributed by atoms with Gasteiger partial charge < -0.3 is 30.1 Å². The molecule has 8 nitrogen and oxygen atoms in total. The molecule has 244 valence electrons. The van der Waals surface area contributed by atoms with Crippen LogP contribution in [0.3, 0.4) is 0 Å². The summed E-state index contributed by atoms with van der Waals surface area (Å²) in [6, 6.07) is 21.8. The van der Waals surface area contributed by atoms with Crippen LogP contribution >= 0.6 is 0 Å². The van der Waals surface area contributed by atoms with Crippen molar-refractivity contribution in [1.29, 1.82) is 0 Å². The summed E-state index contributed by atoms with van der Waals surface area (Å²) in [7, 11) is 2.13. The number of hydrogen-bond donors (Lipinski definition) is 3. The lowest BCUT2D eigenvalue weighted by atomic mass is 9.53. The van der Waals surface area contributed by atoms with Crippen molar-refractivity contribution in [2.24, 2.45) is 23.7 Å². The first kappa shape index (κ1) is 31.3. The number of nitrogens with zero attached hydrogens (tertiary/aromatic N) is 2. The highest BCUT2D eigenvalue weighted by molar-refractivity contribution is 5.90. The van der Waals surface area contributed by atoms with Crippen LogP contribution in [0.1, 0.15) is 80.2 Å². The summed E-state index contributed by atoms with van der Waals surface area (Å²) in [6.45, 7) is 3.80. The number of aromatic nitrogens is 1. The van der Waals surface area contributed by atoms with E-state index in [1.54, 1.807) is 0 Å². The lowest BCUT2D eigenvalue weighted by molar-refractivity contribution is -0.275. The number of carbonyl (C=O) groups is 1. The summed E-state index contributed by atoms with van der Waals surface area (Å²) in [6.07, 6.45) is 9.21. The summed E-state index contributed by atoms with van der Waals surface area (Å²) in [5, 5.41) is 16.2. The highest BCUT2D eigenvalue weighted by Crippen LogP contribution is 2.55. The topological polar surface area (TPSA) is 96.0 Å². The Morgan fingerprint density at radius 2 is 1.70 bits per heavy atom. The molecule has 0 unspecified atom stereocenters. The Hall–Kier alpha value is -3.30. The molecular formula is C38H48N4O4. The van der Waals surface area contributed by atoms with Gasteiger partial charge in [0.2, 0.25) is 0 Å². The summed E-state index contributed by atoms with van der Waals surface area (Å²) >= 11 is 0. The van der Waals surface area contributed by atoms with Crippen LogP contribution in [0.15, 0.2) is 72.9 Å². The van der Waals surface area contributed by atoms with Crippen molar-refractivity contribution in [2.45, 2.75) is 82.5 Å². The van der Waals surface area contributed by atoms with Crippen LogP contribution in [0, 0.1) is 23.7 Å². The molecule has 46 heavy (non-hydrogen) atoms. The lowest BCUT2D eigenvalue weighted by Gasteiger charge is -2.56. The second-order valence-corrected chi connectivity index (χ2v) is 14.6. The Labute approximate surface area is 272 Å². The maximum absolute atomic E-state index is 13.3. The molecule has 5 fully saturated rings. The number of carbonyl (C=O) groups excluding carboxylic acids is 1. The first-order valence-corrected chi connectivity index (χ1v) is 17.1. The van der Waals surface area contributed by atoms with Crippen molar-refractivity contribution in [3.63, 3.8) is 0 Å². The second kappa shape index (κ2) is 13.4. The number of nitrogens with one attached hydrogen (secondary N) is 2. The van der Waals surface area contributed by atoms with Gasteiger partial charge in [0.1, 0.15) is 0 Å². The van der Waals surface area contributed by atoms with Gasteiger partial charge in [-0.3, -0.25) is 4.98 Å². The molecule has 8 rings (SSSR count). The number of likely N-dealkylation sites (N-methyl/N-ethyl adjacent to an activating group) is 1. The number of benzene rings is 2. The molecule has 3 N–H and O–H groups in total. The first-order valence-electron chi connectivity index (χ1n) is 17.1. The van der Waals surface area contributed by atoms with Crippen molar-refractivity contribution in [3.05, 3.63) is 95.3 Å². The number of hydrogen-bond acceptors (Lipinski definition) is 6. The van der Waals surface area contributed by atoms with Gasteiger partial charge in [-0.25, -0.2) is 4.79 Å². The van der Waals surface area contributed by atoms with Crippen LogP contribution < -0.4 is 10.6 Å². The quantitative estimate of drug-likeness (QED) is 0.234. The zero-order chi connectivity index (χ0) is 31.7. The maximum atomic E-state index is 13.3. The van der Waals surface area contributed by atoms with Gasteiger partial charge in [0.25, 0.3) is 0 Å². The molecule has 4 saturated carbocycles. The van der Waals surface area contributed by atoms with Crippen LogP contribution in [-0.2, 0) is 22.5 Å². The van der Waals surface area contributed by atoms with E-state index in [-0.39, 0.29) is 36.3 Å². The minimum absolute atomic E-state index is 0.00696. The van der Waals surface area contributed by atoms with E-state index < -0.39 is 6.29 Å². The molecule has 2 amide bonds. The van der Waals surface area contributed by atoms with Crippen LogP contribution in [-0.4, -0.2) is 52.8 Å². The lowest BCUT2D eigenvalue weighted by Crippen LogP contribution is -2.60. The van der Waals surface area contributed by atoms with E-state index in [1.165, 1.54) is 19.3 Å². The molecule has 4 bridgehead atoms. The van der Waals surface area contributed by atoms with E-state index in [4.69, 9.17) is 9.47 Å². The summed E-state index contributed by atoms with van der Waals surface area (Å²) in [5.41, 5.74) is 4.57. The van der Waals surface area contributed by atoms with E-state index in [0.29, 0.717) is 0 Å². The summed E-state index contributed by atoms with van der Waals surface area (Å²) < 4.78 is 13.4. The van der Waals surface area contributed by atoms with Crippen molar-refractivity contribution in [2.75, 3.05) is 25.5 Å². The van der Waals surface area contributed by atoms with Gasteiger partial charge in [-0.1, -0.05) is 49.4 Å². The first-order chi connectivity index (χ1) is 22.3. The summed E-state index contributed by atoms with van der Waals surface area (Å²) in [4.78, 5) is 20.1. The minimum atomic E-state index is -0.596. The fourth-order valence-corrected chi connectivity index (χ4v) is 9.01. The highest BCUT2D eigenvalue weighted by atomic mass is 16.7. The van der Waals surface area contributed by atoms with Crippen molar-refractivity contribution >= 4 is 11.7 Å². The molecule has 3 aromatic rings. The minimum Gasteiger partial charge on any atom is -0.392 e. The molecule has 0 radical (unpaired) electrons. The average molecular weight is 625 g/mol. The van der Waals surface area contributed by atoms with E-state index in [0.717, 1.165) is 84.6 Å². The van der Waals surface area contributed by atoms with E-state index >= 15 is 0 Å². The van der Waals surface area contributed by atoms with Gasteiger partial charge in [-0.05, 0) is 98.7 Å². The van der Waals surface area contributed by atoms with Gasteiger partial charge in [-0.15, -0.1) is 0 Å². The number of amides is 2. The number of ether oxygens (including phenoxy) is 2. The van der Waals surface area contributed by atoms with E-state index in [1.807, 2.05) is 66.9 Å². The Balaban J connectivity index is 1.05. The number of anilines is 1. The average Bonchev–Trinajstić information content (AvgIpc) is 3.04. The third-order valence-corrected chi connectivity index (χ3v) is 10.9. The van der Waals surface area contributed by atoms with Crippen LogP contribution in [0.2, 0.25) is 0 Å². The van der Waals surface area contributed by atoms with Crippen molar-refractivity contribution < 1.29 is 19.4 Å². The molecule has 4 atom stereocenters. The fraction of sp³-hybridized carbons (Fsp3) is 0.526. The van der Waals surface area contributed by atoms with Crippen molar-refractivity contribution in [1.82, 2.24) is 15.2 Å². The zero-order valence-electron chi connectivity index (χ0n) is 27.1. The molecule has 8 heteroatoms. The standard InChI is InChI=1S/C38H48N4O4/c1-25-34(23-42(2)15-13-32-7-3-4-14-39-32)45-36(46-35(25)30-11-9-26(24-43)10-12-30)31-6-5-8-33(19-31)40-37(44)41-38-20-27-16-28(21-38)18-29(17-27)22-38/h3-12,14,19,25,27-29,34-36,43H,13,15-18,20-24H2,1-2H3,(H2,40,41,44)/t25-,27?,28?,29?,34+,35+,36+,38?/m0/s1. The summed E-state index contributed by atoms with van der Waals surface area (Å²) in [5.74, 6) is 2.40. The zero-order valence-corrected chi connectivity index (χ0v) is 27.1. The Bertz CT molecular complexity index is 1450. The Morgan fingerprint density at radius 3 is 2.37 bits per heavy atom. The molecule has 5 aliphatic rings. The molecule has 2 heterocycles. The molecule has 4 aliphatic carbocycles. The van der Waals surface area contributed by atoms with Gasteiger partial charge in [0, 0.05) is 54.1 Å². The van der Waals surface area contributed by atoms with Crippen LogP contribution in [0.4, 0.5) is 10.5 Å². The van der Waals surface area contributed by atoms with Gasteiger partial charge in [0.15, 0.2) is 6.29 Å². The molecule has 1 aliphatic heterocycles. The third kappa shape index (κ3) is 7.00. The number of rotatable bonds is 10. The largest absolute Gasteiger partial charge is 0.392 e. The van der Waals surface area contributed by atoms with Crippen LogP contribution in [0.25, 0.3) is 0 Å².